The van der Waals surface area contributed by atoms with Gasteiger partial charge in [-0.3, -0.25) is 14.4 Å². The fourth-order valence-electron chi connectivity index (χ4n) is 5.22. The molecule has 2 aromatic carbocycles. The Morgan fingerprint density at radius 2 is 1.84 bits per heavy atom. The molecular weight excluding hydrogens is 404 g/mol. The van der Waals surface area contributed by atoms with Gasteiger partial charge in [0.15, 0.2) is 5.78 Å². The van der Waals surface area contributed by atoms with E-state index in [1.54, 1.807) is 6.07 Å². The molecule has 3 aliphatic heterocycles. The monoisotopic (exact) mass is 432 g/mol. The van der Waals surface area contributed by atoms with Crippen LogP contribution in [0.25, 0.3) is 0 Å². The number of carbonyl (C=O) groups excluding carboxylic acids is 3. The average Bonchev–Trinajstić information content (AvgIpc) is 2.95. The van der Waals surface area contributed by atoms with Crippen LogP contribution in [0.4, 0.5) is 5.69 Å². The van der Waals surface area contributed by atoms with Crippen LogP contribution < -0.4 is 10.1 Å². The third kappa shape index (κ3) is 3.68. The maximum absolute atomic E-state index is 13.2. The molecule has 1 spiro atoms. The molecular formula is C26H28N2O4. The lowest BCUT2D eigenvalue weighted by molar-refractivity contribution is -0.116. The zero-order chi connectivity index (χ0) is 22.5. The van der Waals surface area contributed by atoms with Gasteiger partial charge >= 0.3 is 0 Å². The lowest BCUT2D eigenvalue weighted by Gasteiger charge is -2.44. The number of nitrogens with one attached hydrogen (secondary N) is 1. The normalized spacial score (nSPS) is 19.5. The number of ketones is 1. The van der Waals surface area contributed by atoms with Gasteiger partial charge in [0.05, 0.1) is 12.0 Å². The SMILES string of the molecule is Cc1cc(C)c2c(c1)C(=O)CC1(CCN(C(=O)c3ccc4c(c3)CCCC(=O)N4)CC1)O2. The number of fused-ring (bicyclic) bond motifs is 2. The van der Waals surface area contributed by atoms with E-state index in [0.717, 1.165) is 35.2 Å². The predicted octanol–water partition coefficient (Wildman–Crippen LogP) is 4.22. The third-order valence-corrected chi connectivity index (χ3v) is 6.96. The fourth-order valence-corrected chi connectivity index (χ4v) is 5.22. The minimum atomic E-state index is -0.529. The van der Waals surface area contributed by atoms with E-state index < -0.39 is 5.60 Å². The summed E-state index contributed by atoms with van der Waals surface area (Å²) in [6.07, 6.45) is 3.72. The highest BCUT2D eigenvalue weighted by atomic mass is 16.5. The number of carbonyl (C=O) groups is 3. The number of nitrogens with zero attached hydrogens (tertiary/aromatic N) is 1. The van der Waals surface area contributed by atoms with Crippen LogP contribution >= 0.6 is 0 Å². The van der Waals surface area contributed by atoms with Crippen LogP contribution in [0.15, 0.2) is 30.3 Å². The number of Topliss-reactive ketones (excluding diaryl/α,β-unsaturated/α-hetero) is 1. The Hall–Kier alpha value is -3.15. The average molecular weight is 433 g/mol. The molecule has 0 unspecified atom stereocenters. The highest BCUT2D eigenvalue weighted by Gasteiger charge is 2.44. The summed E-state index contributed by atoms with van der Waals surface area (Å²) in [6, 6.07) is 9.50. The molecule has 0 aliphatic carbocycles. The highest BCUT2D eigenvalue weighted by molar-refractivity contribution is 6.01. The van der Waals surface area contributed by atoms with Gasteiger partial charge in [-0.1, -0.05) is 6.07 Å². The van der Waals surface area contributed by atoms with Crippen molar-refractivity contribution in [2.75, 3.05) is 18.4 Å². The molecule has 2 amide bonds. The van der Waals surface area contributed by atoms with Gasteiger partial charge in [-0.2, -0.15) is 0 Å². The lowest BCUT2D eigenvalue weighted by atomic mass is 9.81. The van der Waals surface area contributed by atoms with E-state index in [1.165, 1.54) is 0 Å². The molecule has 1 N–H and O–H groups in total. The fraction of sp³-hybridized carbons (Fsp3) is 0.423. The first-order valence-electron chi connectivity index (χ1n) is 11.4. The Morgan fingerprint density at radius 3 is 2.62 bits per heavy atom. The first-order valence-corrected chi connectivity index (χ1v) is 11.4. The minimum Gasteiger partial charge on any atom is -0.486 e. The summed E-state index contributed by atoms with van der Waals surface area (Å²) >= 11 is 0. The van der Waals surface area contributed by atoms with Crippen LogP contribution in [0.2, 0.25) is 0 Å². The van der Waals surface area contributed by atoms with Gasteiger partial charge in [-0.05, 0) is 67.6 Å². The zero-order valence-electron chi connectivity index (χ0n) is 18.6. The number of hydrogen-bond acceptors (Lipinski definition) is 4. The molecule has 0 aromatic heterocycles. The Balaban J connectivity index is 1.31. The van der Waals surface area contributed by atoms with Gasteiger partial charge in [0.2, 0.25) is 5.91 Å². The topological polar surface area (TPSA) is 75.7 Å². The molecule has 6 heteroatoms. The van der Waals surface area contributed by atoms with E-state index in [0.29, 0.717) is 55.6 Å². The predicted molar refractivity (Wildman–Crippen MR) is 121 cm³/mol. The van der Waals surface area contributed by atoms with E-state index >= 15 is 0 Å². The Kier molecular flexibility index (Phi) is 5.03. The molecule has 0 saturated carbocycles. The summed E-state index contributed by atoms with van der Waals surface area (Å²) in [5, 5.41) is 2.91. The summed E-state index contributed by atoms with van der Waals surface area (Å²) in [4.78, 5) is 39.7. The van der Waals surface area contributed by atoms with Crippen molar-refractivity contribution < 1.29 is 19.1 Å². The standard InChI is InChI=1S/C26H28N2O4/c1-16-12-17(2)24-20(13-16)22(29)15-26(32-24)8-10-28(11-9-26)25(31)19-6-7-21-18(14-19)4-3-5-23(30)27-21/h6-7,12-14H,3-5,8-11,15H2,1-2H3,(H,27,30). The van der Waals surface area contributed by atoms with Gasteiger partial charge in [0.25, 0.3) is 5.91 Å². The second kappa shape index (κ2) is 7.76. The van der Waals surface area contributed by atoms with E-state index in [1.807, 2.05) is 43.0 Å². The van der Waals surface area contributed by atoms with E-state index in [-0.39, 0.29) is 17.6 Å². The second-order valence-corrected chi connectivity index (χ2v) is 9.41. The van der Waals surface area contributed by atoms with Crippen molar-refractivity contribution in [2.24, 2.45) is 0 Å². The molecule has 6 nitrogen and oxygen atoms in total. The Bertz CT molecular complexity index is 1130. The van der Waals surface area contributed by atoms with Gasteiger partial charge < -0.3 is 15.0 Å². The molecule has 1 saturated heterocycles. The summed E-state index contributed by atoms with van der Waals surface area (Å²) < 4.78 is 6.45. The number of aryl methyl sites for hydroxylation is 3. The highest BCUT2D eigenvalue weighted by Crippen LogP contribution is 2.41. The molecule has 3 heterocycles. The van der Waals surface area contributed by atoms with Crippen LogP contribution in [0.3, 0.4) is 0 Å². The summed E-state index contributed by atoms with van der Waals surface area (Å²) in [7, 11) is 0. The molecule has 0 bridgehead atoms. The maximum atomic E-state index is 13.2. The number of piperidine rings is 1. The number of likely N-dealkylation sites (tertiary alicyclic amines) is 1. The third-order valence-electron chi connectivity index (χ3n) is 6.96. The second-order valence-electron chi connectivity index (χ2n) is 9.41. The zero-order valence-corrected chi connectivity index (χ0v) is 18.6. The molecule has 5 rings (SSSR count). The van der Waals surface area contributed by atoms with Crippen LogP contribution in [0.1, 0.15) is 69.5 Å². The van der Waals surface area contributed by atoms with Crippen molar-refractivity contribution in [2.45, 2.75) is 58.0 Å². The van der Waals surface area contributed by atoms with E-state index in [9.17, 15) is 14.4 Å². The lowest BCUT2D eigenvalue weighted by Crippen LogP contribution is -2.52. The van der Waals surface area contributed by atoms with Crippen molar-refractivity contribution >= 4 is 23.3 Å². The van der Waals surface area contributed by atoms with Crippen molar-refractivity contribution in [3.05, 3.63) is 58.1 Å². The maximum Gasteiger partial charge on any atom is 0.253 e. The quantitative estimate of drug-likeness (QED) is 0.732. The van der Waals surface area contributed by atoms with Crippen LogP contribution in [0, 0.1) is 13.8 Å². The first-order chi connectivity index (χ1) is 15.3. The molecule has 1 fully saturated rings. The summed E-state index contributed by atoms with van der Waals surface area (Å²) in [6.45, 7) is 5.09. The number of ether oxygens (including phenoxy) is 1. The molecule has 32 heavy (non-hydrogen) atoms. The Labute approximate surface area is 187 Å². The molecule has 166 valence electrons. The van der Waals surface area contributed by atoms with E-state index in [2.05, 4.69) is 5.32 Å². The van der Waals surface area contributed by atoms with Gasteiger partial charge in [0, 0.05) is 43.6 Å². The Morgan fingerprint density at radius 1 is 1.06 bits per heavy atom. The molecule has 3 aliphatic rings. The first kappa shape index (κ1) is 20.7. The molecule has 0 radical (unpaired) electrons. The van der Waals surface area contributed by atoms with Crippen molar-refractivity contribution in [1.82, 2.24) is 4.90 Å². The number of hydrogen-bond donors (Lipinski definition) is 1. The van der Waals surface area contributed by atoms with Crippen molar-refractivity contribution in [3.8, 4) is 5.75 Å². The smallest absolute Gasteiger partial charge is 0.253 e. The van der Waals surface area contributed by atoms with Crippen LogP contribution in [-0.2, 0) is 11.2 Å². The number of benzene rings is 2. The van der Waals surface area contributed by atoms with Gasteiger partial charge in [-0.15, -0.1) is 0 Å². The summed E-state index contributed by atoms with van der Waals surface area (Å²) in [5.41, 5.74) is 4.67. The van der Waals surface area contributed by atoms with Gasteiger partial charge in [0.1, 0.15) is 11.4 Å². The molecule has 2 aromatic rings. The van der Waals surface area contributed by atoms with E-state index in [4.69, 9.17) is 4.74 Å². The van der Waals surface area contributed by atoms with Crippen molar-refractivity contribution in [3.63, 3.8) is 0 Å². The van der Waals surface area contributed by atoms with Crippen LogP contribution in [-0.4, -0.2) is 41.2 Å². The van der Waals surface area contributed by atoms with Gasteiger partial charge in [-0.25, -0.2) is 0 Å². The number of amides is 2. The summed E-state index contributed by atoms with van der Waals surface area (Å²) in [5.74, 6) is 0.857. The van der Waals surface area contributed by atoms with Crippen molar-refractivity contribution in [1.29, 1.82) is 0 Å². The largest absolute Gasteiger partial charge is 0.486 e. The number of rotatable bonds is 1. The van der Waals surface area contributed by atoms with Crippen LogP contribution in [0.5, 0.6) is 5.75 Å². The molecule has 0 atom stereocenters. The minimum absolute atomic E-state index is 0.00688. The number of anilines is 1.